The lowest BCUT2D eigenvalue weighted by atomic mass is 10.1. The van der Waals surface area contributed by atoms with Gasteiger partial charge in [-0.3, -0.25) is 4.79 Å². The van der Waals surface area contributed by atoms with Crippen LogP contribution in [-0.2, 0) is 12.8 Å². The maximum atomic E-state index is 12.0. The molecule has 4 nitrogen and oxygen atoms in total. The number of aryl methyl sites for hydroxylation is 1. The second-order valence-electron chi connectivity index (χ2n) is 4.14. The van der Waals surface area contributed by atoms with Gasteiger partial charge in [-0.2, -0.15) is 0 Å². The van der Waals surface area contributed by atoms with Crippen LogP contribution >= 0.6 is 34.7 Å². The number of carbonyl (C=O) groups excluding carboxylic acids is 1. The summed E-state index contributed by atoms with van der Waals surface area (Å²) in [4.78, 5) is 12.6. The summed E-state index contributed by atoms with van der Waals surface area (Å²) in [6, 6.07) is 5.35. The molecule has 0 saturated carbocycles. The van der Waals surface area contributed by atoms with E-state index in [9.17, 15) is 4.79 Å². The molecule has 0 radical (unpaired) electrons. The van der Waals surface area contributed by atoms with E-state index in [-0.39, 0.29) is 5.91 Å². The first kappa shape index (κ1) is 15.2. The van der Waals surface area contributed by atoms with E-state index in [2.05, 4.69) is 14.9 Å². The third-order valence-electron chi connectivity index (χ3n) is 2.79. The molecular weight excluding hydrogens is 317 g/mol. The first-order valence-corrected chi connectivity index (χ1v) is 7.68. The van der Waals surface area contributed by atoms with Gasteiger partial charge in [-0.25, -0.2) is 0 Å². The third-order valence-corrected chi connectivity index (χ3v) is 4.15. The van der Waals surface area contributed by atoms with Crippen molar-refractivity contribution in [3.63, 3.8) is 0 Å². The van der Waals surface area contributed by atoms with Gasteiger partial charge in [-0.15, -0.1) is 5.10 Å². The Labute approximate surface area is 131 Å². The van der Waals surface area contributed by atoms with E-state index in [1.807, 2.05) is 13.0 Å². The number of amides is 1. The lowest BCUT2D eigenvalue weighted by Crippen LogP contribution is -2.25. The number of nitrogens with one attached hydrogen (secondary N) is 1. The van der Waals surface area contributed by atoms with Crippen molar-refractivity contribution in [1.29, 1.82) is 0 Å². The Hall–Kier alpha value is -1.17. The van der Waals surface area contributed by atoms with Gasteiger partial charge in [-0.1, -0.05) is 40.7 Å². The summed E-state index contributed by atoms with van der Waals surface area (Å²) in [5.41, 5.74) is 1.69. The number of hydrogen-bond acceptors (Lipinski definition) is 4. The molecule has 0 spiro atoms. The molecule has 1 heterocycles. The molecule has 0 bridgehead atoms. The molecule has 20 heavy (non-hydrogen) atoms. The minimum absolute atomic E-state index is 0.137. The zero-order valence-electron chi connectivity index (χ0n) is 10.8. The van der Waals surface area contributed by atoms with E-state index in [1.165, 1.54) is 0 Å². The normalized spacial score (nSPS) is 10.6. The van der Waals surface area contributed by atoms with Crippen molar-refractivity contribution in [1.82, 2.24) is 14.9 Å². The molecule has 1 N–H and O–H groups in total. The highest BCUT2D eigenvalue weighted by Crippen LogP contribution is 2.21. The van der Waals surface area contributed by atoms with Crippen LogP contribution in [0.1, 0.15) is 27.9 Å². The van der Waals surface area contributed by atoms with Crippen molar-refractivity contribution in [2.24, 2.45) is 0 Å². The Bertz CT molecular complexity index is 615. The van der Waals surface area contributed by atoms with Gasteiger partial charge in [0.1, 0.15) is 4.88 Å². The average Bonchev–Trinajstić information content (AvgIpc) is 2.89. The Kier molecular flexibility index (Phi) is 5.34. The first-order chi connectivity index (χ1) is 9.61. The lowest BCUT2D eigenvalue weighted by molar-refractivity contribution is 0.0957. The van der Waals surface area contributed by atoms with Gasteiger partial charge in [0.05, 0.1) is 5.69 Å². The summed E-state index contributed by atoms with van der Waals surface area (Å²) in [6.45, 7) is 2.45. The van der Waals surface area contributed by atoms with Crippen molar-refractivity contribution in [2.45, 2.75) is 19.8 Å². The highest BCUT2D eigenvalue weighted by atomic mass is 35.5. The van der Waals surface area contributed by atoms with Crippen LogP contribution in [0.15, 0.2) is 18.2 Å². The third kappa shape index (κ3) is 3.69. The van der Waals surface area contributed by atoms with Crippen LogP contribution in [0.3, 0.4) is 0 Å². The number of benzene rings is 1. The van der Waals surface area contributed by atoms with Gasteiger partial charge in [0.25, 0.3) is 5.91 Å². The van der Waals surface area contributed by atoms with Crippen molar-refractivity contribution in [3.8, 4) is 0 Å². The number of hydrogen-bond donors (Lipinski definition) is 1. The van der Waals surface area contributed by atoms with Crippen LogP contribution < -0.4 is 5.32 Å². The fourth-order valence-corrected chi connectivity index (χ4v) is 2.90. The molecular formula is C13H13Cl2N3OS. The van der Waals surface area contributed by atoms with Crippen molar-refractivity contribution in [2.75, 3.05) is 6.54 Å². The van der Waals surface area contributed by atoms with E-state index in [0.29, 0.717) is 34.3 Å². The van der Waals surface area contributed by atoms with Gasteiger partial charge >= 0.3 is 0 Å². The van der Waals surface area contributed by atoms with Crippen LogP contribution in [0.5, 0.6) is 0 Å². The minimum atomic E-state index is -0.137. The molecule has 106 valence electrons. The maximum Gasteiger partial charge on any atom is 0.264 e. The second kappa shape index (κ2) is 7.02. The summed E-state index contributed by atoms with van der Waals surface area (Å²) in [6.07, 6.45) is 1.34. The predicted octanol–water partition coefficient (Wildman–Crippen LogP) is 3.38. The molecule has 0 aliphatic carbocycles. The summed E-state index contributed by atoms with van der Waals surface area (Å²) < 4.78 is 3.80. The predicted molar refractivity (Wildman–Crippen MR) is 81.8 cm³/mol. The minimum Gasteiger partial charge on any atom is -0.351 e. The Morgan fingerprint density at radius 3 is 2.90 bits per heavy atom. The molecule has 0 aliphatic heterocycles. The number of nitrogens with zero attached hydrogens (tertiary/aromatic N) is 2. The Morgan fingerprint density at radius 2 is 2.20 bits per heavy atom. The van der Waals surface area contributed by atoms with Gasteiger partial charge in [0.2, 0.25) is 0 Å². The number of aromatic nitrogens is 2. The SMILES string of the molecule is CCc1nnsc1C(=O)NCCc1ccc(Cl)cc1Cl. The molecule has 0 aliphatic rings. The molecule has 1 aromatic heterocycles. The zero-order valence-corrected chi connectivity index (χ0v) is 13.1. The van der Waals surface area contributed by atoms with E-state index in [0.717, 1.165) is 22.8 Å². The highest BCUT2D eigenvalue weighted by Gasteiger charge is 2.14. The van der Waals surface area contributed by atoms with Crippen LogP contribution in [0.2, 0.25) is 10.0 Å². The van der Waals surface area contributed by atoms with Crippen LogP contribution in [0.25, 0.3) is 0 Å². The summed E-state index contributed by atoms with van der Waals surface area (Å²) in [5.74, 6) is -0.137. The molecule has 0 saturated heterocycles. The van der Waals surface area contributed by atoms with Crippen molar-refractivity contribution in [3.05, 3.63) is 44.4 Å². The number of halogens is 2. The Balaban J connectivity index is 1.91. The van der Waals surface area contributed by atoms with Crippen LogP contribution in [0.4, 0.5) is 0 Å². The van der Waals surface area contributed by atoms with Crippen molar-refractivity contribution >= 4 is 40.6 Å². The van der Waals surface area contributed by atoms with Gasteiger partial charge < -0.3 is 5.32 Å². The van der Waals surface area contributed by atoms with Gasteiger partial charge in [0.15, 0.2) is 0 Å². The van der Waals surface area contributed by atoms with Crippen LogP contribution in [-0.4, -0.2) is 22.0 Å². The van der Waals surface area contributed by atoms with E-state index >= 15 is 0 Å². The lowest BCUT2D eigenvalue weighted by Gasteiger charge is -2.06. The summed E-state index contributed by atoms with van der Waals surface area (Å²) in [5, 5.41) is 7.98. The molecule has 7 heteroatoms. The van der Waals surface area contributed by atoms with Gasteiger partial charge in [0, 0.05) is 16.6 Å². The largest absolute Gasteiger partial charge is 0.351 e. The molecule has 2 aromatic rings. The maximum absolute atomic E-state index is 12.0. The van der Waals surface area contributed by atoms with E-state index < -0.39 is 0 Å². The fourth-order valence-electron chi connectivity index (χ4n) is 1.73. The van der Waals surface area contributed by atoms with Crippen molar-refractivity contribution < 1.29 is 4.79 Å². The number of rotatable bonds is 5. The smallest absolute Gasteiger partial charge is 0.264 e. The molecule has 1 aromatic carbocycles. The summed E-state index contributed by atoms with van der Waals surface area (Å²) in [7, 11) is 0. The monoisotopic (exact) mass is 329 g/mol. The highest BCUT2D eigenvalue weighted by molar-refractivity contribution is 7.08. The molecule has 1 amide bonds. The molecule has 0 unspecified atom stereocenters. The van der Waals surface area contributed by atoms with Gasteiger partial charge in [-0.05, 0) is 42.1 Å². The molecule has 0 atom stereocenters. The standard InChI is InChI=1S/C13H13Cl2N3OS/c1-2-11-12(20-18-17-11)13(19)16-6-5-8-3-4-9(14)7-10(8)15/h3-4,7H,2,5-6H2,1H3,(H,16,19). The molecule has 2 rings (SSSR count). The van der Waals surface area contributed by atoms with Crippen LogP contribution in [0, 0.1) is 0 Å². The zero-order chi connectivity index (χ0) is 14.5. The first-order valence-electron chi connectivity index (χ1n) is 6.15. The summed E-state index contributed by atoms with van der Waals surface area (Å²) >= 11 is 13.0. The van der Waals surface area contributed by atoms with E-state index in [1.54, 1.807) is 12.1 Å². The average molecular weight is 330 g/mol. The van der Waals surface area contributed by atoms with E-state index in [4.69, 9.17) is 23.2 Å². The fraction of sp³-hybridized carbons (Fsp3) is 0.308. The quantitative estimate of drug-likeness (QED) is 0.914. The topological polar surface area (TPSA) is 54.9 Å². The number of carbonyl (C=O) groups is 1. The second-order valence-corrected chi connectivity index (χ2v) is 5.74. The molecule has 0 fully saturated rings. The Morgan fingerprint density at radius 1 is 1.40 bits per heavy atom.